The highest BCUT2D eigenvalue weighted by atomic mass is 19.4. The third-order valence-electron chi connectivity index (χ3n) is 4.34. The summed E-state index contributed by atoms with van der Waals surface area (Å²) in [5, 5.41) is 3.12. The predicted molar refractivity (Wildman–Crippen MR) is 85.1 cm³/mol. The standard InChI is InChI=1S/C17H23F3N2O2/c1-10(2)14-13(21-9-11-6-4-5-7-11)8-12(17(18,19)20)15(22-14)16(23)24-3/h8,10-11,21H,4-7,9H2,1-3H3. The van der Waals surface area contributed by atoms with Crippen LogP contribution in [0.5, 0.6) is 0 Å². The molecule has 7 heteroatoms. The molecule has 0 bridgehead atoms. The first-order valence-electron chi connectivity index (χ1n) is 8.18. The number of alkyl halides is 3. The van der Waals surface area contributed by atoms with Gasteiger partial charge in [-0.3, -0.25) is 0 Å². The summed E-state index contributed by atoms with van der Waals surface area (Å²) in [6, 6.07) is 0.990. The van der Waals surface area contributed by atoms with Crippen LogP contribution in [0.3, 0.4) is 0 Å². The first-order valence-corrected chi connectivity index (χ1v) is 8.18. The van der Waals surface area contributed by atoms with E-state index in [0.29, 0.717) is 23.8 Å². The molecule has 1 aliphatic carbocycles. The first-order chi connectivity index (χ1) is 11.2. The van der Waals surface area contributed by atoms with Crippen LogP contribution in [0.1, 0.15) is 67.2 Å². The minimum absolute atomic E-state index is 0.123. The summed E-state index contributed by atoms with van der Waals surface area (Å²) in [6.45, 7) is 4.28. The molecule has 1 aromatic rings. The monoisotopic (exact) mass is 344 g/mol. The Morgan fingerprint density at radius 1 is 1.38 bits per heavy atom. The summed E-state index contributed by atoms with van der Waals surface area (Å²) < 4.78 is 44.4. The summed E-state index contributed by atoms with van der Waals surface area (Å²) >= 11 is 0. The van der Waals surface area contributed by atoms with E-state index in [9.17, 15) is 18.0 Å². The normalized spacial score (nSPS) is 15.8. The summed E-state index contributed by atoms with van der Waals surface area (Å²) in [6.07, 6.45) is -0.170. The quantitative estimate of drug-likeness (QED) is 0.793. The number of nitrogens with zero attached hydrogens (tertiary/aromatic N) is 1. The average Bonchev–Trinajstić information content (AvgIpc) is 3.03. The Hall–Kier alpha value is -1.79. The molecular formula is C17H23F3N2O2. The molecule has 0 radical (unpaired) electrons. The minimum Gasteiger partial charge on any atom is -0.464 e. The number of ether oxygens (including phenoxy) is 1. The number of hydrogen-bond donors (Lipinski definition) is 1. The van der Waals surface area contributed by atoms with Crippen LogP contribution < -0.4 is 5.32 Å². The second kappa shape index (κ2) is 7.40. The lowest BCUT2D eigenvalue weighted by molar-refractivity contribution is -0.138. The van der Waals surface area contributed by atoms with Gasteiger partial charge in [0.2, 0.25) is 0 Å². The number of carbonyl (C=O) groups excluding carboxylic acids is 1. The Bertz CT molecular complexity index is 594. The molecule has 2 rings (SSSR count). The van der Waals surface area contributed by atoms with Gasteiger partial charge in [0.05, 0.1) is 24.1 Å². The molecule has 134 valence electrons. The number of carbonyl (C=O) groups is 1. The van der Waals surface area contributed by atoms with Gasteiger partial charge in [-0.05, 0) is 30.7 Å². The number of halogens is 3. The Morgan fingerprint density at radius 3 is 2.50 bits per heavy atom. The van der Waals surface area contributed by atoms with E-state index in [1.165, 1.54) is 0 Å². The highest BCUT2D eigenvalue weighted by Crippen LogP contribution is 2.36. The number of esters is 1. The lowest BCUT2D eigenvalue weighted by atomic mass is 10.0. The second-order valence-corrected chi connectivity index (χ2v) is 6.49. The van der Waals surface area contributed by atoms with E-state index in [1.54, 1.807) is 0 Å². The molecule has 0 saturated heterocycles. The maximum Gasteiger partial charge on any atom is 0.418 e. The number of rotatable bonds is 5. The molecule has 4 nitrogen and oxygen atoms in total. The van der Waals surface area contributed by atoms with Crippen LogP contribution in [0.25, 0.3) is 0 Å². The van der Waals surface area contributed by atoms with Gasteiger partial charge in [-0.15, -0.1) is 0 Å². The molecule has 1 heterocycles. The number of hydrogen-bond acceptors (Lipinski definition) is 4. The van der Waals surface area contributed by atoms with Crippen molar-refractivity contribution in [2.24, 2.45) is 5.92 Å². The van der Waals surface area contributed by atoms with Crippen molar-refractivity contribution < 1.29 is 22.7 Å². The van der Waals surface area contributed by atoms with Crippen molar-refractivity contribution in [2.75, 3.05) is 19.0 Å². The molecule has 0 amide bonds. The van der Waals surface area contributed by atoms with Gasteiger partial charge >= 0.3 is 12.1 Å². The number of anilines is 1. The Morgan fingerprint density at radius 2 is 2.00 bits per heavy atom. The van der Waals surface area contributed by atoms with E-state index in [4.69, 9.17) is 0 Å². The van der Waals surface area contributed by atoms with Gasteiger partial charge in [0.25, 0.3) is 0 Å². The van der Waals surface area contributed by atoms with Crippen LogP contribution in [0.15, 0.2) is 6.07 Å². The zero-order chi connectivity index (χ0) is 17.9. The summed E-state index contributed by atoms with van der Waals surface area (Å²) in [4.78, 5) is 15.7. The molecule has 1 aromatic heterocycles. The topological polar surface area (TPSA) is 51.2 Å². The van der Waals surface area contributed by atoms with E-state index in [0.717, 1.165) is 38.9 Å². The van der Waals surface area contributed by atoms with Crippen LogP contribution in [-0.4, -0.2) is 24.6 Å². The molecule has 1 N–H and O–H groups in total. The van der Waals surface area contributed by atoms with Crippen molar-refractivity contribution in [1.29, 1.82) is 0 Å². The highest BCUT2D eigenvalue weighted by molar-refractivity contribution is 5.89. The second-order valence-electron chi connectivity index (χ2n) is 6.49. The molecule has 0 aliphatic heterocycles. The van der Waals surface area contributed by atoms with Crippen LogP contribution in [-0.2, 0) is 10.9 Å². The third-order valence-corrected chi connectivity index (χ3v) is 4.34. The molecule has 24 heavy (non-hydrogen) atoms. The lowest BCUT2D eigenvalue weighted by Crippen LogP contribution is -2.20. The summed E-state index contributed by atoms with van der Waals surface area (Å²) in [5.41, 5.74) is -0.953. The smallest absolute Gasteiger partial charge is 0.418 e. The molecule has 1 saturated carbocycles. The van der Waals surface area contributed by atoms with Crippen molar-refractivity contribution in [2.45, 2.75) is 51.6 Å². The van der Waals surface area contributed by atoms with E-state index < -0.39 is 23.4 Å². The Labute approximate surface area is 139 Å². The van der Waals surface area contributed by atoms with Crippen molar-refractivity contribution >= 4 is 11.7 Å². The van der Waals surface area contributed by atoms with Gasteiger partial charge in [0.15, 0.2) is 5.69 Å². The zero-order valence-electron chi connectivity index (χ0n) is 14.2. The highest BCUT2D eigenvalue weighted by Gasteiger charge is 2.38. The molecule has 1 aliphatic rings. The summed E-state index contributed by atoms with van der Waals surface area (Å²) in [7, 11) is 1.05. The van der Waals surface area contributed by atoms with Crippen LogP contribution in [0.4, 0.5) is 18.9 Å². The number of nitrogens with one attached hydrogen (secondary N) is 1. The Balaban J connectivity index is 2.41. The van der Waals surface area contributed by atoms with Gasteiger partial charge in [0, 0.05) is 6.54 Å². The van der Waals surface area contributed by atoms with Gasteiger partial charge in [-0.1, -0.05) is 26.7 Å². The molecular weight excluding hydrogens is 321 g/mol. The number of aromatic nitrogens is 1. The van der Waals surface area contributed by atoms with Gasteiger partial charge in [0.1, 0.15) is 0 Å². The molecule has 1 fully saturated rings. The molecule has 0 atom stereocenters. The average molecular weight is 344 g/mol. The van der Waals surface area contributed by atoms with Crippen molar-refractivity contribution in [3.63, 3.8) is 0 Å². The fraction of sp³-hybridized carbons (Fsp3) is 0.647. The number of methoxy groups -OCH3 is 1. The molecule has 0 spiro atoms. The van der Waals surface area contributed by atoms with Gasteiger partial charge in [-0.2, -0.15) is 13.2 Å². The van der Waals surface area contributed by atoms with Crippen molar-refractivity contribution in [1.82, 2.24) is 4.98 Å². The van der Waals surface area contributed by atoms with Crippen LogP contribution in [0, 0.1) is 5.92 Å². The lowest BCUT2D eigenvalue weighted by Gasteiger charge is -2.20. The molecule has 0 unspecified atom stereocenters. The van der Waals surface area contributed by atoms with Crippen LogP contribution in [0.2, 0.25) is 0 Å². The van der Waals surface area contributed by atoms with E-state index in [1.807, 2.05) is 13.8 Å². The first kappa shape index (κ1) is 18.5. The largest absolute Gasteiger partial charge is 0.464 e. The minimum atomic E-state index is -4.67. The SMILES string of the molecule is COC(=O)c1nc(C(C)C)c(NCC2CCCC2)cc1C(F)(F)F. The predicted octanol–water partition coefficient (Wildman–Crippen LogP) is 4.61. The van der Waals surface area contributed by atoms with Crippen LogP contribution >= 0.6 is 0 Å². The fourth-order valence-electron chi connectivity index (χ4n) is 3.05. The Kier molecular flexibility index (Phi) is 5.72. The zero-order valence-corrected chi connectivity index (χ0v) is 14.2. The van der Waals surface area contributed by atoms with Crippen molar-refractivity contribution in [3.8, 4) is 0 Å². The van der Waals surface area contributed by atoms with Gasteiger partial charge in [-0.25, -0.2) is 9.78 Å². The van der Waals surface area contributed by atoms with E-state index in [2.05, 4.69) is 15.0 Å². The summed E-state index contributed by atoms with van der Waals surface area (Å²) in [5.74, 6) is -0.729. The van der Waals surface area contributed by atoms with E-state index in [-0.39, 0.29) is 5.92 Å². The third kappa shape index (κ3) is 4.19. The maximum absolute atomic E-state index is 13.3. The van der Waals surface area contributed by atoms with E-state index >= 15 is 0 Å². The van der Waals surface area contributed by atoms with Gasteiger partial charge < -0.3 is 10.1 Å². The number of pyridine rings is 1. The maximum atomic E-state index is 13.3. The molecule has 0 aromatic carbocycles. The fourth-order valence-corrected chi connectivity index (χ4v) is 3.05. The van der Waals surface area contributed by atoms with Crippen molar-refractivity contribution in [3.05, 3.63) is 23.0 Å².